The fraction of sp³-hybridized carbons (Fsp3) is 0.900. The van der Waals surface area contributed by atoms with Crippen LogP contribution in [-0.2, 0) is 23.4 Å². The summed E-state index contributed by atoms with van der Waals surface area (Å²) in [6.07, 6.45) is 5.57. The maximum atomic E-state index is 12.7. The molecule has 4 rings (SSSR count). The highest BCUT2D eigenvalue weighted by Gasteiger charge is 2.59. The number of halogens is 2. The molecule has 2 unspecified atom stereocenters. The Kier molecular flexibility index (Phi) is 6.04. The van der Waals surface area contributed by atoms with E-state index in [1.165, 1.54) is 6.42 Å². The Bertz CT molecular complexity index is 628. The number of esters is 1. The summed E-state index contributed by atoms with van der Waals surface area (Å²) < 4.78 is 46.7. The lowest BCUT2D eigenvalue weighted by atomic mass is 9.48. The Balaban J connectivity index is 1.48. The van der Waals surface area contributed by atoms with Gasteiger partial charge in [-0.3, -0.25) is 0 Å². The third-order valence-electron chi connectivity index (χ3n) is 6.04. The number of alkyl halides is 2. The van der Waals surface area contributed by atoms with Crippen LogP contribution in [0.15, 0.2) is 0 Å². The Morgan fingerprint density at radius 3 is 2.14 bits per heavy atom. The third-order valence-corrected chi connectivity index (χ3v) is 7.09. The van der Waals surface area contributed by atoms with Crippen LogP contribution >= 0.6 is 0 Å². The lowest BCUT2D eigenvalue weighted by Crippen LogP contribution is -2.60. The largest absolute Gasteiger partial charge is 0.508 e. The number of carbonyl (C=O) groups is 2. The fourth-order valence-corrected chi connectivity index (χ4v) is 7.48. The second-order valence-electron chi connectivity index (χ2n) is 10.3. The third kappa shape index (κ3) is 5.68. The molecule has 29 heavy (non-hydrogen) atoms. The van der Waals surface area contributed by atoms with Gasteiger partial charge < -0.3 is 18.6 Å². The number of ether oxygens (including phenoxy) is 3. The maximum Gasteiger partial charge on any atom is 0.508 e. The van der Waals surface area contributed by atoms with E-state index in [4.69, 9.17) is 13.9 Å². The van der Waals surface area contributed by atoms with Gasteiger partial charge in [-0.05, 0) is 70.0 Å². The summed E-state index contributed by atoms with van der Waals surface area (Å²) in [7, 11) is -1.69. The highest BCUT2D eigenvalue weighted by molar-refractivity contribution is 6.69. The maximum absolute atomic E-state index is 12.7. The van der Waals surface area contributed by atoms with Crippen LogP contribution in [0.2, 0.25) is 19.6 Å². The second kappa shape index (κ2) is 7.79. The summed E-state index contributed by atoms with van der Waals surface area (Å²) in [6, 6.07) is 0. The highest BCUT2D eigenvalue weighted by Crippen LogP contribution is 2.63. The van der Waals surface area contributed by atoms with Gasteiger partial charge in [0.1, 0.15) is 19.8 Å². The van der Waals surface area contributed by atoms with Crippen LogP contribution < -0.4 is 0 Å². The van der Waals surface area contributed by atoms with Gasteiger partial charge in [0.25, 0.3) is 0 Å². The van der Waals surface area contributed by atoms with E-state index in [0.29, 0.717) is 18.8 Å². The van der Waals surface area contributed by atoms with Crippen molar-refractivity contribution < 1.29 is 37.0 Å². The zero-order valence-electron chi connectivity index (χ0n) is 17.7. The van der Waals surface area contributed by atoms with Crippen LogP contribution in [0.1, 0.15) is 45.4 Å². The zero-order valence-corrected chi connectivity index (χ0v) is 18.7. The van der Waals surface area contributed by atoms with Gasteiger partial charge in [0.15, 0.2) is 8.32 Å². The van der Waals surface area contributed by atoms with E-state index < -0.39 is 33.0 Å². The first kappa shape index (κ1) is 22.5. The molecule has 0 radical (unpaired) electrons. The predicted octanol–water partition coefficient (Wildman–Crippen LogP) is 4.53. The first-order valence-electron chi connectivity index (χ1n) is 10.3. The van der Waals surface area contributed by atoms with Crippen molar-refractivity contribution in [3.8, 4) is 0 Å². The SMILES string of the molecule is CC(F)(F)C(=O)OCCOC(=O)OCC12CC3CC(C1)CC(O[Si](C)(C)C)(C3)C2. The summed E-state index contributed by atoms with van der Waals surface area (Å²) in [5, 5.41) is 0. The zero-order chi connectivity index (χ0) is 21.5. The van der Waals surface area contributed by atoms with Crippen LogP contribution in [0.25, 0.3) is 0 Å². The van der Waals surface area contributed by atoms with Crippen molar-refractivity contribution in [1.82, 2.24) is 0 Å². The van der Waals surface area contributed by atoms with Crippen molar-refractivity contribution in [3.63, 3.8) is 0 Å². The van der Waals surface area contributed by atoms with E-state index >= 15 is 0 Å². The molecule has 0 N–H and O–H groups in total. The summed E-state index contributed by atoms with van der Waals surface area (Å²) >= 11 is 0. The van der Waals surface area contributed by atoms with E-state index in [1.807, 2.05) is 0 Å². The molecule has 9 heteroatoms. The fourth-order valence-electron chi connectivity index (χ4n) is 5.94. The van der Waals surface area contributed by atoms with Gasteiger partial charge in [0, 0.05) is 12.3 Å². The standard InChI is InChI=1S/C20H32F2O6Si/c1-18(21,22)16(23)25-5-6-26-17(24)27-13-19-8-14-7-15(9-19)11-20(10-14,12-19)28-29(2,3)4/h14-15H,5-13H2,1-4H3. The van der Waals surface area contributed by atoms with Crippen molar-refractivity contribution in [3.05, 3.63) is 0 Å². The molecular formula is C20H32F2O6Si. The normalized spacial score (nSPS) is 33.4. The van der Waals surface area contributed by atoms with Crippen molar-refractivity contribution in [2.45, 2.75) is 76.6 Å². The summed E-state index contributed by atoms with van der Waals surface area (Å²) in [5.74, 6) is -3.98. The molecule has 4 aliphatic carbocycles. The summed E-state index contributed by atoms with van der Waals surface area (Å²) in [5.41, 5.74) is -0.152. The molecule has 0 saturated heterocycles. The first-order chi connectivity index (χ1) is 13.3. The molecule has 0 aromatic heterocycles. The molecule has 0 aromatic rings. The van der Waals surface area contributed by atoms with E-state index in [0.717, 1.165) is 32.1 Å². The topological polar surface area (TPSA) is 71.1 Å². The molecule has 0 heterocycles. The Labute approximate surface area is 171 Å². The van der Waals surface area contributed by atoms with Crippen molar-refractivity contribution in [1.29, 1.82) is 0 Å². The monoisotopic (exact) mass is 434 g/mol. The number of rotatable bonds is 8. The molecule has 0 spiro atoms. The lowest BCUT2D eigenvalue weighted by molar-refractivity contribution is -0.171. The minimum absolute atomic E-state index is 0.0700. The van der Waals surface area contributed by atoms with E-state index in [1.54, 1.807) is 0 Å². The molecule has 4 fully saturated rings. The molecule has 166 valence electrons. The van der Waals surface area contributed by atoms with Crippen LogP contribution in [0, 0.1) is 17.3 Å². The predicted molar refractivity (Wildman–Crippen MR) is 103 cm³/mol. The molecular weight excluding hydrogens is 402 g/mol. The van der Waals surface area contributed by atoms with Gasteiger partial charge in [-0.2, -0.15) is 8.78 Å². The quantitative estimate of drug-likeness (QED) is 0.318. The molecule has 0 aromatic carbocycles. The highest BCUT2D eigenvalue weighted by atomic mass is 28.4. The Hall–Kier alpha value is -1.22. The smallest absolute Gasteiger partial charge is 0.458 e. The van der Waals surface area contributed by atoms with Crippen LogP contribution in [0.4, 0.5) is 13.6 Å². The summed E-state index contributed by atoms with van der Waals surface area (Å²) in [4.78, 5) is 22.9. The van der Waals surface area contributed by atoms with Crippen LogP contribution in [0.5, 0.6) is 0 Å². The van der Waals surface area contributed by atoms with E-state index in [-0.39, 0.29) is 24.2 Å². The van der Waals surface area contributed by atoms with E-state index in [2.05, 4.69) is 24.4 Å². The molecule has 4 saturated carbocycles. The average molecular weight is 435 g/mol. The lowest BCUT2D eigenvalue weighted by Gasteiger charge is -2.62. The molecule has 4 aliphatic rings. The Morgan fingerprint density at radius 2 is 1.59 bits per heavy atom. The van der Waals surface area contributed by atoms with Crippen LogP contribution in [0.3, 0.4) is 0 Å². The number of hydrogen-bond donors (Lipinski definition) is 0. The van der Waals surface area contributed by atoms with Gasteiger partial charge >= 0.3 is 18.0 Å². The molecule has 2 atom stereocenters. The minimum atomic E-state index is -3.56. The van der Waals surface area contributed by atoms with Crippen molar-refractivity contribution in [2.75, 3.05) is 19.8 Å². The number of hydrogen-bond acceptors (Lipinski definition) is 6. The molecule has 6 nitrogen and oxygen atoms in total. The summed E-state index contributed by atoms with van der Waals surface area (Å²) in [6.45, 7) is 6.63. The van der Waals surface area contributed by atoms with Gasteiger partial charge in [-0.25, -0.2) is 9.59 Å². The average Bonchev–Trinajstić information content (AvgIpc) is 2.52. The molecule has 0 amide bonds. The molecule has 0 aliphatic heterocycles. The molecule has 4 bridgehead atoms. The Morgan fingerprint density at radius 1 is 1.00 bits per heavy atom. The van der Waals surface area contributed by atoms with E-state index in [9.17, 15) is 18.4 Å². The number of carbonyl (C=O) groups excluding carboxylic acids is 2. The van der Waals surface area contributed by atoms with Gasteiger partial charge in [-0.15, -0.1) is 0 Å². The van der Waals surface area contributed by atoms with Crippen LogP contribution in [-0.4, -0.2) is 51.8 Å². The van der Waals surface area contributed by atoms with Gasteiger partial charge in [-0.1, -0.05) is 0 Å². The minimum Gasteiger partial charge on any atom is -0.458 e. The van der Waals surface area contributed by atoms with Crippen molar-refractivity contribution in [2.24, 2.45) is 17.3 Å². The first-order valence-corrected chi connectivity index (χ1v) is 13.8. The second-order valence-corrected chi connectivity index (χ2v) is 14.7. The van der Waals surface area contributed by atoms with Gasteiger partial charge in [0.2, 0.25) is 0 Å². The van der Waals surface area contributed by atoms with Gasteiger partial charge in [0.05, 0.1) is 5.60 Å². The van der Waals surface area contributed by atoms with Crippen molar-refractivity contribution >= 4 is 20.4 Å².